The summed E-state index contributed by atoms with van der Waals surface area (Å²) in [6.07, 6.45) is 0.456. The van der Waals surface area contributed by atoms with Gasteiger partial charge in [-0.3, -0.25) is 10.2 Å². The molecule has 5 N–H and O–H groups in total. The number of hydrazine groups is 1. The zero-order valence-corrected chi connectivity index (χ0v) is 8.41. The number of rotatable bonds is 5. The predicted octanol–water partition coefficient (Wildman–Crippen LogP) is -0.163. The van der Waals surface area contributed by atoms with Gasteiger partial charge in [-0.1, -0.05) is 0 Å². The molecule has 0 aliphatic carbocycles. The van der Waals surface area contributed by atoms with Gasteiger partial charge < -0.3 is 5.73 Å². The maximum Gasteiger partial charge on any atom is 0.234 e. The van der Waals surface area contributed by atoms with Gasteiger partial charge in [-0.2, -0.15) is 11.8 Å². The number of thioether (sulfide) groups is 1. The lowest BCUT2D eigenvalue weighted by Crippen LogP contribution is -2.35. The summed E-state index contributed by atoms with van der Waals surface area (Å²) in [5.74, 6) is 6.40. The molecule has 0 fully saturated rings. The Morgan fingerprint density at radius 3 is 2.58 bits per heavy atom. The zero-order valence-electron chi connectivity index (χ0n) is 7.59. The van der Waals surface area contributed by atoms with Crippen molar-refractivity contribution in [2.45, 2.75) is 25.8 Å². The van der Waals surface area contributed by atoms with Gasteiger partial charge in [-0.05, 0) is 13.8 Å². The van der Waals surface area contributed by atoms with Gasteiger partial charge in [-0.25, -0.2) is 5.84 Å². The minimum Gasteiger partial charge on any atom is -0.325 e. The second-order valence-electron chi connectivity index (χ2n) is 3.36. The molecule has 0 aromatic heterocycles. The Balaban J connectivity index is 3.28. The quantitative estimate of drug-likeness (QED) is 0.244. The van der Waals surface area contributed by atoms with Crippen molar-refractivity contribution < 1.29 is 4.79 Å². The van der Waals surface area contributed by atoms with Crippen LogP contribution in [-0.4, -0.2) is 23.0 Å². The van der Waals surface area contributed by atoms with Crippen LogP contribution in [0.3, 0.4) is 0 Å². The molecule has 0 aromatic carbocycles. The van der Waals surface area contributed by atoms with E-state index in [0.717, 1.165) is 11.5 Å². The van der Waals surface area contributed by atoms with Gasteiger partial charge in [0.15, 0.2) is 0 Å². The predicted molar refractivity (Wildman–Crippen MR) is 52.5 cm³/mol. The van der Waals surface area contributed by atoms with E-state index in [1.165, 1.54) is 0 Å². The number of carbonyl (C=O) groups is 1. The van der Waals surface area contributed by atoms with Crippen molar-refractivity contribution in [3.8, 4) is 0 Å². The van der Waals surface area contributed by atoms with Gasteiger partial charge in [0.1, 0.15) is 0 Å². The van der Waals surface area contributed by atoms with Crippen LogP contribution >= 0.6 is 11.8 Å². The van der Waals surface area contributed by atoms with E-state index in [4.69, 9.17) is 11.6 Å². The van der Waals surface area contributed by atoms with Crippen LogP contribution in [0.5, 0.6) is 0 Å². The second kappa shape index (κ2) is 5.40. The minimum absolute atomic E-state index is 0.127. The van der Waals surface area contributed by atoms with Crippen LogP contribution in [0.4, 0.5) is 0 Å². The monoisotopic (exact) mass is 191 g/mol. The van der Waals surface area contributed by atoms with Crippen molar-refractivity contribution in [2.75, 3.05) is 11.5 Å². The third-order valence-corrected chi connectivity index (χ3v) is 2.55. The second-order valence-corrected chi connectivity index (χ2v) is 4.46. The van der Waals surface area contributed by atoms with E-state index >= 15 is 0 Å². The van der Waals surface area contributed by atoms with Crippen LogP contribution in [0.2, 0.25) is 0 Å². The molecular weight excluding hydrogens is 174 g/mol. The van der Waals surface area contributed by atoms with Crippen LogP contribution in [0.15, 0.2) is 0 Å². The Kier molecular flexibility index (Phi) is 5.28. The highest BCUT2D eigenvalue weighted by molar-refractivity contribution is 7.99. The van der Waals surface area contributed by atoms with Crippen LogP contribution in [0.25, 0.3) is 0 Å². The maximum atomic E-state index is 10.7. The molecule has 72 valence electrons. The average Bonchev–Trinajstić information content (AvgIpc) is 1.96. The van der Waals surface area contributed by atoms with Gasteiger partial charge in [0.05, 0.1) is 0 Å². The number of nitrogens with two attached hydrogens (primary N) is 2. The van der Waals surface area contributed by atoms with Crippen molar-refractivity contribution in [1.82, 2.24) is 5.43 Å². The number of carbonyl (C=O) groups excluding carboxylic acids is 1. The van der Waals surface area contributed by atoms with E-state index in [1.807, 2.05) is 13.8 Å². The normalized spacial score (nSPS) is 11.3. The maximum absolute atomic E-state index is 10.7. The van der Waals surface area contributed by atoms with Crippen LogP contribution in [-0.2, 0) is 4.79 Å². The van der Waals surface area contributed by atoms with E-state index in [0.29, 0.717) is 6.42 Å². The highest BCUT2D eigenvalue weighted by atomic mass is 32.2. The first-order valence-electron chi connectivity index (χ1n) is 3.82. The van der Waals surface area contributed by atoms with E-state index in [1.54, 1.807) is 11.8 Å². The highest BCUT2D eigenvalue weighted by Crippen LogP contribution is 2.10. The molecule has 0 rings (SSSR count). The molecule has 0 saturated heterocycles. The lowest BCUT2D eigenvalue weighted by molar-refractivity contribution is -0.120. The molecule has 0 aliphatic heterocycles. The minimum atomic E-state index is -0.163. The van der Waals surface area contributed by atoms with Crippen LogP contribution in [0.1, 0.15) is 20.3 Å². The number of amides is 1. The summed E-state index contributed by atoms with van der Waals surface area (Å²) in [4.78, 5) is 10.7. The molecular formula is C7H17N3OS. The largest absolute Gasteiger partial charge is 0.325 e. The van der Waals surface area contributed by atoms with Crippen LogP contribution < -0.4 is 17.0 Å². The number of nitrogens with one attached hydrogen (secondary N) is 1. The molecule has 0 spiro atoms. The first-order valence-corrected chi connectivity index (χ1v) is 4.97. The van der Waals surface area contributed by atoms with E-state index < -0.39 is 0 Å². The first-order chi connectivity index (χ1) is 5.45. The first kappa shape index (κ1) is 11.7. The van der Waals surface area contributed by atoms with Crippen molar-refractivity contribution in [3.05, 3.63) is 0 Å². The fraction of sp³-hybridized carbons (Fsp3) is 0.857. The molecule has 0 unspecified atom stereocenters. The summed E-state index contributed by atoms with van der Waals surface area (Å²) in [6.45, 7) is 3.92. The lowest BCUT2D eigenvalue weighted by Gasteiger charge is -2.17. The number of hydrogen-bond acceptors (Lipinski definition) is 4. The summed E-state index contributed by atoms with van der Waals surface area (Å²) in [5, 5.41) is 0. The number of hydrogen-bond donors (Lipinski definition) is 3. The molecule has 0 aromatic rings. The molecule has 12 heavy (non-hydrogen) atoms. The molecule has 4 nitrogen and oxygen atoms in total. The van der Waals surface area contributed by atoms with E-state index in [9.17, 15) is 4.79 Å². The third-order valence-electron chi connectivity index (χ3n) is 1.11. The standard InChI is InChI=1S/C7H17N3OS/c1-7(2,8)5-12-4-3-6(11)10-9/h3-5,8-9H2,1-2H3,(H,10,11). The Hall–Kier alpha value is -0.260. The molecule has 1 amide bonds. The average molecular weight is 191 g/mol. The molecule has 0 heterocycles. The fourth-order valence-corrected chi connectivity index (χ4v) is 1.57. The molecule has 0 atom stereocenters. The topological polar surface area (TPSA) is 81.1 Å². The third kappa shape index (κ3) is 7.84. The van der Waals surface area contributed by atoms with E-state index in [-0.39, 0.29) is 11.4 Å². The van der Waals surface area contributed by atoms with Crippen molar-refractivity contribution in [1.29, 1.82) is 0 Å². The Morgan fingerprint density at radius 2 is 2.17 bits per heavy atom. The molecule has 0 aliphatic rings. The Labute approximate surface area is 77.4 Å². The smallest absolute Gasteiger partial charge is 0.234 e. The SMILES string of the molecule is CC(C)(N)CSCCC(=O)NN. The van der Waals surface area contributed by atoms with Gasteiger partial charge in [-0.15, -0.1) is 0 Å². The molecule has 0 saturated carbocycles. The molecule has 5 heteroatoms. The molecule has 0 bridgehead atoms. The van der Waals surface area contributed by atoms with Crippen molar-refractivity contribution in [3.63, 3.8) is 0 Å². The summed E-state index contributed by atoms with van der Waals surface area (Å²) in [6, 6.07) is 0. The lowest BCUT2D eigenvalue weighted by atomic mass is 10.1. The van der Waals surface area contributed by atoms with Crippen molar-refractivity contribution in [2.24, 2.45) is 11.6 Å². The van der Waals surface area contributed by atoms with Crippen LogP contribution in [0, 0.1) is 0 Å². The Bertz CT molecular complexity index is 144. The summed E-state index contributed by atoms with van der Waals surface area (Å²) in [5.41, 5.74) is 7.66. The van der Waals surface area contributed by atoms with Gasteiger partial charge in [0.25, 0.3) is 0 Å². The Morgan fingerprint density at radius 1 is 1.58 bits per heavy atom. The van der Waals surface area contributed by atoms with Gasteiger partial charge in [0.2, 0.25) is 5.91 Å². The van der Waals surface area contributed by atoms with Gasteiger partial charge >= 0.3 is 0 Å². The van der Waals surface area contributed by atoms with Gasteiger partial charge in [0, 0.05) is 23.5 Å². The highest BCUT2D eigenvalue weighted by Gasteiger charge is 2.10. The molecule has 0 radical (unpaired) electrons. The summed E-state index contributed by atoms with van der Waals surface area (Å²) in [7, 11) is 0. The summed E-state index contributed by atoms with van der Waals surface area (Å²) >= 11 is 1.66. The van der Waals surface area contributed by atoms with E-state index in [2.05, 4.69) is 5.43 Å². The van der Waals surface area contributed by atoms with Crippen molar-refractivity contribution >= 4 is 17.7 Å². The summed E-state index contributed by atoms with van der Waals surface area (Å²) < 4.78 is 0. The zero-order chi connectivity index (χ0) is 9.61. The fourth-order valence-electron chi connectivity index (χ4n) is 0.572.